The molecule has 0 aliphatic rings. The maximum Gasteiger partial charge on any atom is 0.490 e. The van der Waals surface area contributed by atoms with Gasteiger partial charge in [-0.15, -0.1) is 0 Å². The van der Waals surface area contributed by atoms with E-state index in [9.17, 15) is 29.1 Å². The van der Waals surface area contributed by atoms with Crippen LogP contribution in [0.15, 0.2) is 48.5 Å². The molecule has 0 unspecified atom stereocenters. The average molecular weight is 692 g/mol. The van der Waals surface area contributed by atoms with E-state index in [0.717, 1.165) is 11.1 Å². The molecule has 0 bridgehead atoms. The van der Waals surface area contributed by atoms with Crippen LogP contribution in [0.3, 0.4) is 0 Å². The molecular weight excluding hydrogens is 649 g/mol. The summed E-state index contributed by atoms with van der Waals surface area (Å²) in [7, 11) is -2.07. The van der Waals surface area contributed by atoms with E-state index < -0.39 is 73.1 Å². The van der Waals surface area contributed by atoms with Gasteiger partial charge in [0.05, 0.1) is 6.10 Å². The first-order chi connectivity index (χ1) is 22.7. The summed E-state index contributed by atoms with van der Waals surface area (Å²) in [5, 5.41) is 40.5. The summed E-state index contributed by atoms with van der Waals surface area (Å²) < 4.78 is 0. The van der Waals surface area contributed by atoms with Crippen molar-refractivity contribution in [3.8, 4) is 11.1 Å². The molecule has 0 saturated carbocycles. The molecule has 0 saturated heterocycles. The fourth-order valence-corrected chi connectivity index (χ4v) is 4.39. The summed E-state index contributed by atoms with van der Waals surface area (Å²) in [5.74, 6) is -4.45. The molecule has 2 aromatic rings. The molecular formula is C29H43BClN9O8. The van der Waals surface area contributed by atoms with Gasteiger partial charge in [-0.3, -0.25) is 24.0 Å². The van der Waals surface area contributed by atoms with Crippen molar-refractivity contribution in [3.63, 3.8) is 0 Å². The molecule has 6 atom stereocenters. The number of nitrogens with two attached hydrogens (primary N) is 4. The Morgan fingerprint density at radius 2 is 1.31 bits per heavy atom. The Balaban J connectivity index is 2.03. The minimum atomic E-state index is -2.07. The van der Waals surface area contributed by atoms with E-state index in [4.69, 9.17) is 44.6 Å². The second-order valence-electron chi connectivity index (χ2n) is 10.9. The van der Waals surface area contributed by atoms with Gasteiger partial charge in [-0.25, -0.2) is 0 Å². The molecule has 262 valence electrons. The number of rotatable bonds is 18. The van der Waals surface area contributed by atoms with Gasteiger partial charge in [-0.2, -0.15) is 0 Å². The molecule has 0 fully saturated rings. The minimum Gasteiger partial charge on any atom is -0.425 e. The van der Waals surface area contributed by atoms with Gasteiger partial charge in [0.15, 0.2) is 6.17 Å². The Labute approximate surface area is 282 Å². The highest BCUT2D eigenvalue weighted by Crippen LogP contribution is 2.22. The highest BCUT2D eigenvalue weighted by atomic mass is 35.5. The minimum absolute atomic E-state index is 0.0781. The van der Waals surface area contributed by atoms with Gasteiger partial charge in [0, 0.05) is 17.1 Å². The van der Waals surface area contributed by atoms with Crippen LogP contribution in [0.25, 0.3) is 11.1 Å². The topological polar surface area (TPSA) is 310 Å². The van der Waals surface area contributed by atoms with E-state index in [-0.39, 0.29) is 18.5 Å². The smallest absolute Gasteiger partial charge is 0.425 e. The predicted molar refractivity (Wildman–Crippen MR) is 178 cm³/mol. The lowest BCUT2D eigenvalue weighted by molar-refractivity contribution is -0.135. The molecule has 17 nitrogen and oxygen atoms in total. The Morgan fingerprint density at radius 1 is 0.750 bits per heavy atom. The fraction of sp³-hybridized carbons (Fsp3) is 0.414. The number of unbranched alkanes of at least 4 members (excludes halogenated alkanes) is 1. The fourth-order valence-electron chi connectivity index (χ4n) is 4.26. The van der Waals surface area contributed by atoms with Crippen molar-refractivity contribution < 1.29 is 39.1 Å². The van der Waals surface area contributed by atoms with Crippen molar-refractivity contribution >= 4 is 48.3 Å². The molecule has 0 heterocycles. The first-order valence-electron chi connectivity index (χ1n) is 15.0. The monoisotopic (exact) mass is 691 g/mol. The van der Waals surface area contributed by atoms with Crippen molar-refractivity contribution in [3.05, 3.63) is 59.1 Å². The van der Waals surface area contributed by atoms with Crippen LogP contribution < -0.4 is 49.5 Å². The van der Waals surface area contributed by atoms with Gasteiger partial charge in [-0.1, -0.05) is 35.9 Å². The molecule has 19 heteroatoms. The number of amides is 5. The molecule has 0 aliphatic heterocycles. The standard InChI is InChI=1S/C29H43BClN9O8/c1-15(41)22(27(45)39-23(34)28(46)36-20(4-2-3-13-32)25(43)40-29(35)30(47)48)38-26(44)21(14-33)37-24(42)18-7-5-16(6-8-18)17-9-11-19(31)12-10-17/h5-12,15,20-23,29,41,47-48H,2-4,13-14,32-35H2,1H3,(H,36,46)(H,37,42)(H,38,44)(H,39,45)(H,40,43)/t15-,20+,21+,22+,23-,29-/m1/s1. The summed E-state index contributed by atoms with van der Waals surface area (Å²) in [5.41, 5.74) is 24.4. The quantitative estimate of drug-likeness (QED) is 0.0409. The summed E-state index contributed by atoms with van der Waals surface area (Å²) in [4.78, 5) is 64.2. The van der Waals surface area contributed by atoms with E-state index in [1.807, 2.05) is 12.1 Å². The van der Waals surface area contributed by atoms with E-state index in [2.05, 4.69) is 26.6 Å². The third-order valence-electron chi connectivity index (χ3n) is 7.04. The van der Waals surface area contributed by atoms with E-state index in [1.165, 1.54) is 6.92 Å². The molecule has 2 aromatic carbocycles. The van der Waals surface area contributed by atoms with Crippen LogP contribution in [0.2, 0.25) is 5.02 Å². The summed E-state index contributed by atoms with van der Waals surface area (Å²) in [6.07, 6.45) is -2.25. The Bertz CT molecular complexity index is 1390. The van der Waals surface area contributed by atoms with Gasteiger partial charge in [0.25, 0.3) is 11.8 Å². The SMILES string of the molecule is C[C@@H](O)[C@H](NC(=O)[C@H](CN)NC(=O)c1ccc(-c2ccc(Cl)cc2)cc1)C(=O)N[C@@H](N)C(=O)N[C@@H](CCCCN)C(=O)N[C@@H](N)B(O)O. The maximum atomic E-state index is 13.0. The number of carbonyl (C=O) groups excluding carboxylic acids is 5. The number of aliphatic hydroxyl groups excluding tert-OH is 1. The molecule has 0 aliphatic carbocycles. The number of benzene rings is 2. The number of halogens is 1. The Kier molecular flexibility index (Phi) is 16.4. The van der Waals surface area contributed by atoms with Gasteiger partial charge in [0.1, 0.15) is 24.2 Å². The Hall–Kier alpha value is -4.14. The zero-order valence-corrected chi connectivity index (χ0v) is 27.0. The molecule has 0 aromatic heterocycles. The van der Waals surface area contributed by atoms with Crippen molar-refractivity contribution in [2.45, 2.75) is 62.6 Å². The molecule has 16 N–H and O–H groups in total. The van der Waals surface area contributed by atoms with E-state index >= 15 is 0 Å². The van der Waals surface area contributed by atoms with E-state index in [1.54, 1.807) is 36.4 Å². The highest BCUT2D eigenvalue weighted by Gasteiger charge is 2.33. The zero-order valence-electron chi connectivity index (χ0n) is 26.3. The number of hydrogen-bond acceptors (Lipinski definition) is 12. The highest BCUT2D eigenvalue weighted by molar-refractivity contribution is 6.43. The van der Waals surface area contributed by atoms with Crippen LogP contribution in [0, 0.1) is 0 Å². The summed E-state index contributed by atoms with van der Waals surface area (Å²) in [6, 6.07) is 7.94. The van der Waals surface area contributed by atoms with Crippen LogP contribution in [0.1, 0.15) is 36.5 Å². The van der Waals surface area contributed by atoms with Crippen LogP contribution in [0.5, 0.6) is 0 Å². The number of nitrogens with one attached hydrogen (secondary N) is 5. The maximum absolute atomic E-state index is 13.0. The molecule has 48 heavy (non-hydrogen) atoms. The van der Waals surface area contributed by atoms with Crippen molar-refractivity contribution in [1.29, 1.82) is 0 Å². The third kappa shape index (κ3) is 12.5. The molecule has 0 spiro atoms. The molecule has 2 rings (SSSR count). The largest absolute Gasteiger partial charge is 0.490 e. The van der Waals surface area contributed by atoms with Crippen molar-refractivity contribution in [1.82, 2.24) is 26.6 Å². The Morgan fingerprint density at radius 3 is 1.83 bits per heavy atom. The van der Waals surface area contributed by atoms with Crippen LogP contribution >= 0.6 is 11.6 Å². The van der Waals surface area contributed by atoms with Gasteiger partial charge < -0.3 is 64.7 Å². The molecule has 5 amide bonds. The van der Waals surface area contributed by atoms with Gasteiger partial charge in [-0.05, 0) is 68.1 Å². The first kappa shape index (κ1) is 40.0. The van der Waals surface area contributed by atoms with Crippen LogP contribution in [-0.4, -0.2) is 101 Å². The number of aliphatic hydroxyl groups is 1. The second-order valence-corrected chi connectivity index (χ2v) is 11.3. The summed E-state index contributed by atoms with van der Waals surface area (Å²) >= 11 is 5.93. The van der Waals surface area contributed by atoms with E-state index in [0.29, 0.717) is 24.4 Å². The number of carbonyl (C=O) groups is 5. The lowest BCUT2D eigenvalue weighted by Crippen LogP contribution is -2.63. The van der Waals surface area contributed by atoms with Gasteiger partial charge >= 0.3 is 7.12 Å². The van der Waals surface area contributed by atoms with Crippen molar-refractivity contribution in [2.24, 2.45) is 22.9 Å². The molecule has 0 radical (unpaired) electrons. The van der Waals surface area contributed by atoms with Crippen LogP contribution in [0.4, 0.5) is 0 Å². The third-order valence-corrected chi connectivity index (χ3v) is 7.29. The van der Waals surface area contributed by atoms with Crippen LogP contribution in [-0.2, 0) is 19.2 Å². The number of hydrogen-bond donors (Lipinski definition) is 12. The summed E-state index contributed by atoms with van der Waals surface area (Å²) in [6.45, 7) is 1.15. The normalized spacial score (nSPS) is 14.7. The first-order valence-corrected chi connectivity index (χ1v) is 15.4. The lowest BCUT2D eigenvalue weighted by atomic mass is 9.86. The average Bonchev–Trinajstić information content (AvgIpc) is 3.05. The van der Waals surface area contributed by atoms with Crippen molar-refractivity contribution in [2.75, 3.05) is 13.1 Å². The lowest BCUT2D eigenvalue weighted by Gasteiger charge is -2.26. The second kappa shape index (κ2) is 19.6. The predicted octanol–water partition coefficient (Wildman–Crippen LogP) is -3.64. The zero-order chi connectivity index (χ0) is 36.0. The van der Waals surface area contributed by atoms with Gasteiger partial charge in [0.2, 0.25) is 17.7 Å².